The summed E-state index contributed by atoms with van der Waals surface area (Å²) in [5.74, 6) is -1.27. The molecule has 0 aromatic heterocycles. The maximum Gasteiger partial charge on any atom is 0.352 e. The highest BCUT2D eigenvalue weighted by atomic mass is 16.4. The largest absolute Gasteiger partial charge is 0.477 e. The number of amides is 1. The number of unbranched alkanes of at least 4 members (excludes halogenated alkanes) is 6. The first-order valence-electron chi connectivity index (χ1n) is 7.35. The monoisotopic (exact) mass is 269 g/mol. The summed E-state index contributed by atoms with van der Waals surface area (Å²) >= 11 is 0. The minimum atomic E-state index is -1.07. The van der Waals surface area contributed by atoms with Crippen molar-refractivity contribution in [2.75, 3.05) is 0 Å². The molecule has 0 aliphatic heterocycles. The second kappa shape index (κ2) is 11.8. The lowest BCUT2D eigenvalue weighted by atomic mass is 10.1. The van der Waals surface area contributed by atoms with Gasteiger partial charge in [-0.25, -0.2) is 4.79 Å². The molecule has 4 heteroatoms. The molecule has 0 atom stereocenters. The normalized spacial score (nSPS) is 11.4. The number of rotatable bonds is 11. The molecule has 0 heterocycles. The molecule has 4 nitrogen and oxygen atoms in total. The van der Waals surface area contributed by atoms with Crippen LogP contribution in [0.15, 0.2) is 11.8 Å². The van der Waals surface area contributed by atoms with E-state index < -0.39 is 5.97 Å². The second-order valence-electron chi connectivity index (χ2n) is 4.75. The first kappa shape index (κ1) is 17.7. The number of hydrogen-bond donors (Lipinski definition) is 2. The van der Waals surface area contributed by atoms with Crippen molar-refractivity contribution in [2.45, 2.75) is 71.6 Å². The van der Waals surface area contributed by atoms with Crippen LogP contribution < -0.4 is 5.32 Å². The van der Waals surface area contributed by atoms with E-state index in [0.29, 0.717) is 12.8 Å². The number of nitrogens with one attached hydrogen (secondary N) is 1. The van der Waals surface area contributed by atoms with Crippen molar-refractivity contribution >= 4 is 11.9 Å². The summed E-state index contributed by atoms with van der Waals surface area (Å²) in [5, 5.41) is 11.3. The zero-order chi connectivity index (χ0) is 14.5. The van der Waals surface area contributed by atoms with Gasteiger partial charge in [0.1, 0.15) is 5.70 Å². The van der Waals surface area contributed by atoms with Gasteiger partial charge in [-0.3, -0.25) is 4.79 Å². The second-order valence-corrected chi connectivity index (χ2v) is 4.75. The van der Waals surface area contributed by atoms with Crippen molar-refractivity contribution in [2.24, 2.45) is 0 Å². The van der Waals surface area contributed by atoms with Crippen molar-refractivity contribution in [1.29, 1.82) is 0 Å². The highest BCUT2D eigenvalue weighted by molar-refractivity contribution is 5.92. The highest BCUT2D eigenvalue weighted by Gasteiger charge is 2.10. The first-order chi connectivity index (χ1) is 9.11. The summed E-state index contributed by atoms with van der Waals surface area (Å²) in [5.41, 5.74) is -0.00422. The topological polar surface area (TPSA) is 66.4 Å². The third-order valence-electron chi connectivity index (χ3n) is 2.92. The van der Waals surface area contributed by atoms with Gasteiger partial charge in [-0.05, 0) is 12.8 Å². The smallest absolute Gasteiger partial charge is 0.352 e. The minimum absolute atomic E-state index is 0.00422. The average molecular weight is 269 g/mol. The Hall–Kier alpha value is -1.32. The van der Waals surface area contributed by atoms with E-state index >= 15 is 0 Å². The predicted octanol–water partition coefficient (Wildman–Crippen LogP) is 3.62. The number of aliphatic carboxylic acids is 1. The van der Waals surface area contributed by atoms with Crippen molar-refractivity contribution in [1.82, 2.24) is 5.32 Å². The number of carbonyl (C=O) groups is 2. The van der Waals surface area contributed by atoms with Crippen LogP contribution in [0, 0.1) is 0 Å². The molecule has 0 saturated heterocycles. The van der Waals surface area contributed by atoms with Crippen LogP contribution in [0.1, 0.15) is 71.6 Å². The number of carboxylic acid groups (broad SMARTS) is 1. The van der Waals surface area contributed by atoms with Gasteiger partial charge in [0, 0.05) is 6.42 Å². The molecule has 0 rings (SSSR count). The lowest BCUT2D eigenvalue weighted by Gasteiger charge is -2.05. The molecule has 0 aromatic carbocycles. The standard InChI is InChI=1S/C15H27NO3/c1-3-5-6-7-8-9-10-12-14(17)16-13(11-4-2)15(18)19/h11H,3-10,12H2,1-2H3,(H,16,17)(H,18,19). The molecule has 0 unspecified atom stereocenters. The minimum Gasteiger partial charge on any atom is -0.477 e. The van der Waals surface area contributed by atoms with Gasteiger partial charge in [0.05, 0.1) is 0 Å². The molecular formula is C15H27NO3. The van der Waals surface area contributed by atoms with Gasteiger partial charge in [-0.2, -0.15) is 0 Å². The van der Waals surface area contributed by atoms with Gasteiger partial charge in [0.2, 0.25) is 5.91 Å². The van der Waals surface area contributed by atoms with E-state index in [4.69, 9.17) is 5.11 Å². The lowest BCUT2D eigenvalue weighted by molar-refractivity contribution is -0.134. The zero-order valence-electron chi connectivity index (χ0n) is 12.2. The summed E-state index contributed by atoms with van der Waals surface area (Å²) in [6, 6.07) is 0. The molecule has 0 fully saturated rings. The molecule has 0 bridgehead atoms. The zero-order valence-corrected chi connectivity index (χ0v) is 12.2. The summed E-state index contributed by atoms with van der Waals surface area (Å²) in [4.78, 5) is 22.4. The van der Waals surface area contributed by atoms with Gasteiger partial charge in [-0.1, -0.05) is 58.4 Å². The van der Waals surface area contributed by atoms with Crippen molar-refractivity contribution in [3.63, 3.8) is 0 Å². The molecule has 2 N–H and O–H groups in total. The summed E-state index contributed by atoms with van der Waals surface area (Å²) in [6.07, 6.45) is 10.6. The predicted molar refractivity (Wildman–Crippen MR) is 76.8 cm³/mol. The Kier molecular flexibility index (Phi) is 10.9. The van der Waals surface area contributed by atoms with Crippen LogP contribution in [0.25, 0.3) is 0 Å². The Morgan fingerprint density at radius 3 is 2.11 bits per heavy atom. The maximum absolute atomic E-state index is 11.6. The fraction of sp³-hybridized carbons (Fsp3) is 0.733. The fourth-order valence-corrected chi connectivity index (χ4v) is 1.85. The van der Waals surface area contributed by atoms with Gasteiger partial charge in [0.25, 0.3) is 0 Å². The lowest BCUT2D eigenvalue weighted by Crippen LogP contribution is -2.27. The molecule has 0 aliphatic rings. The van der Waals surface area contributed by atoms with E-state index in [-0.39, 0.29) is 11.6 Å². The summed E-state index contributed by atoms with van der Waals surface area (Å²) < 4.78 is 0. The first-order valence-corrected chi connectivity index (χ1v) is 7.35. The van der Waals surface area contributed by atoms with Crippen LogP contribution in [0.4, 0.5) is 0 Å². The molecule has 0 aliphatic carbocycles. The fourth-order valence-electron chi connectivity index (χ4n) is 1.85. The Balaban J connectivity index is 3.69. The van der Waals surface area contributed by atoms with Crippen molar-refractivity contribution < 1.29 is 14.7 Å². The molecule has 0 saturated carbocycles. The molecule has 0 spiro atoms. The van der Waals surface area contributed by atoms with Crippen LogP contribution in [0.3, 0.4) is 0 Å². The summed E-state index contributed by atoms with van der Waals surface area (Å²) in [6.45, 7) is 4.03. The molecule has 19 heavy (non-hydrogen) atoms. The van der Waals surface area contributed by atoms with Gasteiger partial charge in [0.15, 0.2) is 0 Å². The van der Waals surface area contributed by atoms with Gasteiger partial charge in [-0.15, -0.1) is 0 Å². The summed E-state index contributed by atoms with van der Waals surface area (Å²) in [7, 11) is 0. The van der Waals surface area contributed by atoms with Crippen molar-refractivity contribution in [3.05, 3.63) is 11.8 Å². The van der Waals surface area contributed by atoms with E-state index in [0.717, 1.165) is 19.3 Å². The van der Waals surface area contributed by atoms with E-state index in [2.05, 4.69) is 12.2 Å². The van der Waals surface area contributed by atoms with Gasteiger partial charge < -0.3 is 10.4 Å². The number of allylic oxidation sites excluding steroid dienone is 1. The van der Waals surface area contributed by atoms with E-state index in [1.807, 2.05) is 6.92 Å². The molecular weight excluding hydrogens is 242 g/mol. The van der Waals surface area contributed by atoms with Gasteiger partial charge >= 0.3 is 5.97 Å². The SMILES string of the molecule is CCC=C(NC(=O)CCCCCCCCC)C(=O)O. The van der Waals surface area contributed by atoms with Crippen LogP contribution >= 0.6 is 0 Å². The van der Waals surface area contributed by atoms with Crippen LogP contribution in [0.5, 0.6) is 0 Å². The third-order valence-corrected chi connectivity index (χ3v) is 2.92. The average Bonchev–Trinajstić information content (AvgIpc) is 2.37. The Morgan fingerprint density at radius 2 is 1.58 bits per heavy atom. The molecule has 110 valence electrons. The Morgan fingerprint density at radius 1 is 1.00 bits per heavy atom. The highest BCUT2D eigenvalue weighted by Crippen LogP contribution is 2.08. The molecule has 0 aromatic rings. The van der Waals surface area contributed by atoms with Crippen molar-refractivity contribution in [3.8, 4) is 0 Å². The number of carbonyl (C=O) groups excluding carboxylic acids is 1. The van der Waals surface area contributed by atoms with Crippen LogP contribution in [-0.2, 0) is 9.59 Å². The number of carboxylic acids is 1. The third kappa shape index (κ3) is 10.3. The Bertz CT molecular complexity index is 298. The van der Waals surface area contributed by atoms with Crippen LogP contribution in [-0.4, -0.2) is 17.0 Å². The van der Waals surface area contributed by atoms with E-state index in [1.54, 1.807) is 0 Å². The Labute approximate surface area is 116 Å². The van der Waals surface area contributed by atoms with Crippen LogP contribution in [0.2, 0.25) is 0 Å². The molecule has 1 amide bonds. The quantitative estimate of drug-likeness (QED) is 0.444. The van der Waals surface area contributed by atoms with E-state index in [9.17, 15) is 9.59 Å². The number of hydrogen-bond acceptors (Lipinski definition) is 2. The maximum atomic E-state index is 11.6. The van der Waals surface area contributed by atoms with E-state index in [1.165, 1.54) is 31.8 Å². The molecule has 0 radical (unpaired) electrons.